The predicted molar refractivity (Wildman–Crippen MR) is 59.3 cm³/mol. The Bertz CT molecular complexity index is 28.8. The lowest BCUT2D eigenvalue weighted by Crippen LogP contribution is -2.06. The van der Waals surface area contributed by atoms with Gasteiger partial charge in [0.25, 0.3) is 0 Å². The third-order valence-corrected chi connectivity index (χ3v) is 1.12. The third kappa shape index (κ3) is 51.4. The fourth-order valence-corrected chi connectivity index (χ4v) is 0.471. The molecule has 0 unspecified atom stereocenters. The molecule has 0 aromatic heterocycles. The van der Waals surface area contributed by atoms with Gasteiger partial charge < -0.3 is 11.5 Å². The highest BCUT2D eigenvalue weighted by atomic mass is 14.6. The van der Waals surface area contributed by atoms with Crippen molar-refractivity contribution in [3.63, 3.8) is 0 Å². The van der Waals surface area contributed by atoms with Crippen LogP contribution in [0, 0.1) is 0 Å². The van der Waals surface area contributed by atoms with Crippen LogP contribution >= 0.6 is 0 Å². The maximum Gasteiger partial charge on any atom is -0.00653 e. The maximum atomic E-state index is 5.06. The van der Waals surface area contributed by atoms with Gasteiger partial charge in [-0.3, -0.25) is 0 Å². The molecule has 4 N–H and O–H groups in total. The number of hydrogen-bond acceptors (Lipinski definition) is 2. The Labute approximate surface area is 78.7 Å². The highest BCUT2D eigenvalue weighted by Gasteiger charge is 1.68. The molecule has 0 spiro atoms. The second kappa shape index (κ2) is 30.7. The van der Waals surface area contributed by atoms with Crippen LogP contribution in [0.5, 0.6) is 0 Å². The first-order chi connectivity index (χ1) is 5.83. The van der Waals surface area contributed by atoms with E-state index in [2.05, 4.69) is 13.8 Å². The standard InChI is InChI=1S/C5H12.C3H10N2.C2H6/c1-3-5-4-2;4-2-1-3-5;1-2/h3-5H2,1-2H3;1-5H2;1-2H3. The Morgan fingerprint density at radius 3 is 1.08 bits per heavy atom. The monoisotopic (exact) mass is 176 g/mol. The molecule has 78 valence electrons. The quantitative estimate of drug-likeness (QED) is 0.691. The zero-order chi connectivity index (χ0) is 10.2. The van der Waals surface area contributed by atoms with Gasteiger partial charge in [-0.2, -0.15) is 0 Å². The summed E-state index contributed by atoms with van der Waals surface area (Å²) in [5, 5.41) is 0. The van der Waals surface area contributed by atoms with Crippen molar-refractivity contribution < 1.29 is 0 Å². The van der Waals surface area contributed by atoms with E-state index in [0.717, 1.165) is 19.5 Å². The van der Waals surface area contributed by atoms with E-state index in [1.807, 2.05) is 13.8 Å². The summed E-state index contributed by atoms with van der Waals surface area (Å²) >= 11 is 0. The van der Waals surface area contributed by atoms with Crippen LogP contribution in [0.4, 0.5) is 0 Å². The smallest absolute Gasteiger partial charge is 0.00653 e. The van der Waals surface area contributed by atoms with Crippen molar-refractivity contribution in [3.05, 3.63) is 0 Å². The predicted octanol–water partition coefficient (Wildman–Crippen LogP) is 2.52. The number of hydrogen-bond donors (Lipinski definition) is 2. The average molecular weight is 176 g/mol. The zero-order valence-corrected chi connectivity index (χ0v) is 9.40. The largest absolute Gasteiger partial charge is 0.330 e. The highest BCUT2D eigenvalue weighted by molar-refractivity contribution is 4.33. The lowest BCUT2D eigenvalue weighted by atomic mass is 10.3. The molecule has 0 saturated carbocycles. The van der Waals surface area contributed by atoms with Gasteiger partial charge in [-0.1, -0.05) is 47.0 Å². The van der Waals surface area contributed by atoms with Gasteiger partial charge in [-0.15, -0.1) is 0 Å². The Kier molecular flexibility index (Phi) is 45.6. The van der Waals surface area contributed by atoms with Gasteiger partial charge in [0.1, 0.15) is 0 Å². The number of nitrogens with two attached hydrogens (primary N) is 2. The topological polar surface area (TPSA) is 52.0 Å². The SMILES string of the molecule is CC.CCCCC.NCCCN. The molecule has 12 heavy (non-hydrogen) atoms. The molecule has 0 fully saturated rings. The number of rotatable bonds is 4. The van der Waals surface area contributed by atoms with Crippen LogP contribution in [0.2, 0.25) is 0 Å². The Hall–Kier alpha value is -0.0800. The van der Waals surface area contributed by atoms with E-state index in [-0.39, 0.29) is 0 Å². The highest BCUT2D eigenvalue weighted by Crippen LogP contribution is 1.88. The minimum Gasteiger partial charge on any atom is -0.330 e. The lowest BCUT2D eigenvalue weighted by molar-refractivity contribution is 0.772. The van der Waals surface area contributed by atoms with E-state index in [0.29, 0.717) is 0 Å². The van der Waals surface area contributed by atoms with Gasteiger partial charge >= 0.3 is 0 Å². The van der Waals surface area contributed by atoms with Crippen molar-refractivity contribution in [2.75, 3.05) is 13.1 Å². The van der Waals surface area contributed by atoms with E-state index in [4.69, 9.17) is 11.5 Å². The van der Waals surface area contributed by atoms with E-state index in [1.54, 1.807) is 0 Å². The van der Waals surface area contributed by atoms with Gasteiger partial charge in [0, 0.05) is 0 Å². The summed E-state index contributed by atoms with van der Waals surface area (Å²) in [6.45, 7) is 9.86. The van der Waals surface area contributed by atoms with Gasteiger partial charge in [0.2, 0.25) is 0 Å². The molecule has 2 heteroatoms. The maximum absolute atomic E-state index is 5.06. The first kappa shape index (κ1) is 17.9. The minimum absolute atomic E-state index is 0.719. The average Bonchev–Trinajstić information content (AvgIpc) is 2.12. The van der Waals surface area contributed by atoms with Gasteiger partial charge in [-0.25, -0.2) is 0 Å². The molecule has 0 bridgehead atoms. The van der Waals surface area contributed by atoms with Crippen LogP contribution in [0.3, 0.4) is 0 Å². The summed E-state index contributed by atoms with van der Waals surface area (Å²) in [6.07, 6.45) is 5.02. The second-order valence-corrected chi connectivity index (χ2v) is 2.28. The zero-order valence-electron chi connectivity index (χ0n) is 9.40. The van der Waals surface area contributed by atoms with Crippen LogP contribution in [-0.4, -0.2) is 13.1 Å². The minimum atomic E-state index is 0.719. The summed E-state index contributed by atoms with van der Waals surface area (Å²) in [4.78, 5) is 0. The molecule has 0 heterocycles. The Morgan fingerprint density at radius 1 is 0.750 bits per heavy atom. The number of unbranched alkanes of at least 4 members (excludes halogenated alkanes) is 2. The fourth-order valence-electron chi connectivity index (χ4n) is 0.471. The van der Waals surface area contributed by atoms with Crippen molar-refractivity contribution in [3.8, 4) is 0 Å². The van der Waals surface area contributed by atoms with Crippen LogP contribution in [-0.2, 0) is 0 Å². The van der Waals surface area contributed by atoms with Gasteiger partial charge in [-0.05, 0) is 19.5 Å². The molecule has 0 aliphatic carbocycles. The normalized spacial score (nSPS) is 7.50. The van der Waals surface area contributed by atoms with Crippen LogP contribution < -0.4 is 11.5 Å². The molecule has 0 radical (unpaired) electrons. The van der Waals surface area contributed by atoms with E-state index >= 15 is 0 Å². The molecule has 0 aliphatic heterocycles. The second-order valence-electron chi connectivity index (χ2n) is 2.28. The van der Waals surface area contributed by atoms with E-state index in [9.17, 15) is 0 Å². The van der Waals surface area contributed by atoms with E-state index in [1.165, 1.54) is 19.3 Å². The van der Waals surface area contributed by atoms with Crippen molar-refractivity contribution >= 4 is 0 Å². The third-order valence-electron chi connectivity index (χ3n) is 1.12. The van der Waals surface area contributed by atoms with Crippen LogP contribution in [0.25, 0.3) is 0 Å². The van der Waals surface area contributed by atoms with Crippen molar-refractivity contribution in [2.24, 2.45) is 11.5 Å². The molecular weight excluding hydrogens is 148 g/mol. The van der Waals surface area contributed by atoms with Gasteiger partial charge in [0.15, 0.2) is 0 Å². The molecule has 0 aliphatic rings. The van der Waals surface area contributed by atoms with Crippen molar-refractivity contribution in [1.29, 1.82) is 0 Å². The summed E-state index contributed by atoms with van der Waals surface area (Å²) in [5.74, 6) is 0. The molecule has 0 atom stereocenters. The summed E-state index contributed by atoms with van der Waals surface area (Å²) in [5.41, 5.74) is 10.1. The summed E-state index contributed by atoms with van der Waals surface area (Å²) in [7, 11) is 0. The summed E-state index contributed by atoms with van der Waals surface area (Å²) < 4.78 is 0. The van der Waals surface area contributed by atoms with Crippen LogP contribution in [0.15, 0.2) is 0 Å². The molecule has 0 aromatic carbocycles. The fraction of sp³-hybridized carbons (Fsp3) is 1.00. The van der Waals surface area contributed by atoms with E-state index < -0.39 is 0 Å². The Morgan fingerprint density at radius 2 is 1.08 bits per heavy atom. The molecule has 0 amide bonds. The molecule has 0 rings (SSSR count). The van der Waals surface area contributed by atoms with Crippen LogP contribution in [0.1, 0.15) is 53.4 Å². The summed E-state index contributed by atoms with van der Waals surface area (Å²) in [6, 6.07) is 0. The first-order valence-electron chi connectivity index (χ1n) is 5.23. The van der Waals surface area contributed by atoms with Crippen molar-refractivity contribution in [2.45, 2.75) is 53.4 Å². The molecule has 2 nitrogen and oxygen atoms in total. The van der Waals surface area contributed by atoms with Gasteiger partial charge in [0.05, 0.1) is 0 Å². The Balaban J connectivity index is -0.000000112. The van der Waals surface area contributed by atoms with Crippen molar-refractivity contribution in [1.82, 2.24) is 0 Å². The molecule has 0 saturated heterocycles. The molecule has 0 aromatic rings. The lowest BCUT2D eigenvalue weighted by Gasteiger charge is -1.81. The first-order valence-corrected chi connectivity index (χ1v) is 5.23. The molecular formula is C10H28N2.